The molecule has 0 bridgehead atoms. The summed E-state index contributed by atoms with van der Waals surface area (Å²) in [6.07, 6.45) is 4.00. The van der Waals surface area contributed by atoms with Crippen LogP contribution in [0.4, 0.5) is 5.82 Å². The third kappa shape index (κ3) is 2.82. The molecular weight excluding hydrogens is 272 g/mol. The predicted octanol–water partition coefficient (Wildman–Crippen LogP) is 0.721. The first-order valence-corrected chi connectivity index (χ1v) is 6.15. The van der Waals surface area contributed by atoms with E-state index in [1.165, 1.54) is 19.2 Å². The van der Waals surface area contributed by atoms with E-state index >= 15 is 0 Å². The Balaban J connectivity index is 1.93. The Morgan fingerprint density at radius 2 is 2.44 bits per heavy atom. The minimum Gasteiger partial charge on any atom is -0.357 e. The molecule has 88 valence electrons. The summed E-state index contributed by atoms with van der Waals surface area (Å²) in [6.45, 7) is 1.76. The topological polar surface area (TPSA) is 61.0 Å². The molecule has 1 aliphatic carbocycles. The second-order valence-electron chi connectivity index (χ2n) is 4.02. The van der Waals surface area contributed by atoms with E-state index in [1.54, 1.807) is 0 Å². The van der Waals surface area contributed by atoms with Crippen LogP contribution in [-0.4, -0.2) is 36.1 Å². The average Bonchev–Trinajstić information content (AvgIpc) is 3.06. The lowest BCUT2D eigenvalue weighted by atomic mass is 10.4. The molecule has 0 atom stereocenters. The highest BCUT2D eigenvalue weighted by Crippen LogP contribution is 2.19. The Morgan fingerprint density at radius 1 is 1.69 bits per heavy atom. The van der Waals surface area contributed by atoms with Crippen molar-refractivity contribution in [2.75, 3.05) is 25.0 Å². The molecule has 2 rings (SSSR count). The van der Waals surface area contributed by atoms with Gasteiger partial charge >= 0.3 is 0 Å². The van der Waals surface area contributed by atoms with Crippen LogP contribution in [0.2, 0.25) is 0 Å². The lowest BCUT2D eigenvalue weighted by molar-refractivity contribution is 0.671. The molecule has 2 N–H and O–H groups in total. The molecule has 0 amide bonds. The number of hydrogen-bond acceptors (Lipinski definition) is 4. The highest BCUT2D eigenvalue weighted by Gasteiger charge is 2.20. The second kappa shape index (κ2) is 4.97. The number of rotatable bonds is 5. The van der Waals surface area contributed by atoms with Crippen molar-refractivity contribution in [2.24, 2.45) is 0 Å². The lowest BCUT2D eigenvalue weighted by Gasteiger charge is -2.18. The van der Waals surface area contributed by atoms with Crippen molar-refractivity contribution < 1.29 is 0 Å². The molecule has 1 aliphatic rings. The van der Waals surface area contributed by atoms with Gasteiger partial charge in [0, 0.05) is 26.2 Å². The number of likely N-dealkylation sites (N-methyl/N-ethyl adjacent to an activating group) is 1. The van der Waals surface area contributed by atoms with Crippen molar-refractivity contribution in [2.45, 2.75) is 18.9 Å². The van der Waals surface area contributed by atoms with Crippen LogP contribution in [0.5, 0.6) is 0 Å². The fourth-order valence-corrected chi connectivity index (χ4v) is 1.99. The maximum absolute atomic E-state index is 11.4. The molecule has 0 aromatic carbocycles. The van der Waals surface area contributed by atoms with Crippen LogP contribution in [-0.2, 0) is 0 Å². The molecule has 0 radical (unpaired) electrons. The highest BCUT2D eigenvalue weighted by molar-refractivity contribution is 9.10. The number of hydrogen-bond donors (Lipinski definition) is 2. The van der Waals surface area contributed by atoms with Crippen molar-refractivity contribution in [1.82, 2.24) is 15.3 Å². The van der Waals surface area contributed by atoms with Gasteiger partial charge in [-0.25, -0.2) is 4.98 Å². The summed E-state index contributed by atoms with van der Waals surface area (Å²) in [5.41, 5.74) is -0.146. The molecule has 0 spiro atoms. The summed E-state index contributed by atoms with van der Waals surface area (Å²) in [5.74, 6) is 0.682. The van der Waals surface area contributed by atoms with Crippen molar-refractivity contribution in [1.29, 1.82) is 0 Å². The number of anilines is 1. The van der Waals surface area contributed by atoms with Gasteiger partial charge in [0.05, 0.1) is 6.33 Å². The van der Waals surface area contributed by atoms with Crippen molar-refractivity contribution >= 4 is 21.7 Å². The van der Waals surface area contributed by atoms with Crippen LogP contribution in [0.15, 0.2) is 15.6 Å². The molecule has 5 nitrogen and oxygen atoms in total. The summed E-state index contributed by atoms with van der Waals surface area (Å²) in [6, 6.07) is 0.712. The zero-order chi connectivity index (χ0) is 11.5. The molecule has 0 unspecified atom stereocenters. The van der Waals surface area contributed by atoms with E-state index in [1.807, 2.05) is 11.9 Å². The van der Waals surface area contributed by atoms with Crippen LogP contribution in [0.1, 0.15) is 12.8 Å². The summed E-state index contributed by atoms with van der Waals surface area (Å²) >= 11 is 3.25. The molecule has 1 aromatic rings. The third-order valence-corrected chi connectivity index (χ3v) is 3.31. The Bertz CT molecular complexity index is 416. The Morgan fingerprint density at radius 3 is 3.12 bits per heavy atom. The van der Waals surface area contributed by atoms with Gasteiger partial charge in [-0.15, -0.1) is 0 Å². The van der Waals surface area contributed by atoms with Gasteiger partial charge in [-0.1, -0.05) is 0 Å². The van der Waals surface area contributed by atoms with E-state index < -0.39 is 0 Å². The maximum atomic E-state index is 11.4. The van der Waals surface area contributed by atoms with Crippen molar-refractivity contribution in [3.63, 3.8) is 0 Å². The van der Waals surface area contributed by atoms with Crippen molar-refractivity contribution in [3.8, 4) is 0 Å². The number of nitrogens with zero attached hydrogens (tertiary/aromatic N) is 2. The van der Waals surface area contributed by atoms with Gasteiger partial charge in [0.15, 0.2) is 0 Å². The van der Waals surface area contributed by atoms with E-state index in [9.17, 15) is 4.79 Å². The first-order valence-electron chi connectivity index (χ1n) is 5.36. The quantitative estimate of drug-likeness (QED) is 0.838. The van der Waals surface area contributed by atoms with Gasteiger partial charge in [0.1, 0.15) is 10.3 Å². The van der Waals surface area contributed by atoms with E-state index in [2.05, 4.69) is 31.2 Å². The van der Waals surface area contributed by atoms with Gasteiger partial charge in [-0.2, -0.15) is 0 Å². The molecule has 0 saturated heterocycles. The van der Waals surface area contributed by atoms with E-state index in [4.69, 9.17) is 0 Å². The number of H-pyrrole nitrogens is 1. The zero-order valence-electron chi connectivity index (χ0n) is 9.16. The SMILES string of the molecule is CN(CCNC1CC1)c1nc[nH]c(=O)c1Br. The molecule has 16 heavy (non-hydrogen) atoms. The first-order chi connectivity index (χ1) is 7.68. The smallest absolute Gasteiger partial charge is 0.267 e. The molecule has 1 fully saturated rings. The molecule has 1 heterocycles. The molecule has 1 saturated carbocycles. The third-order valence-electron chi connectivity index (χ3n) is 2.60. The zero-order valence-corrected chi connectivity index (χ0v) is 10.7. The normalized spacial score (nSPS) is 15.1. The van der Waals surface area contributed by atoms with Gasteiger partial charge in [-0.3, -0.25) is 4.79 Å². The van der Waals surface area contributed by atoms with E-state index in [0.717, 1.165) is 13.1 Å². The van der Waals surface area contributed by atoms with Crippen LogP contribution < -0.4 is 15.8 Å². The largest absolute Gasteiger partial charge is 0.357 e. The number of aromatic nitrogens is 2. The summed E-state index contributed by atoms with van der Waals surface area (Å²) in [5, 5.41) is 3.42. The number of aromatic amines is 1. The van der Waals surface area contributed by atoms with E-state index in [0.29, 0.717) is 16.3 Å². The Kier molecular flexibility index (Phi) is 3.60. The van der Waals surface area contributed by atoms with Crippen LogP contribution in [0.25, 0.3) is 0 Å². The molecular formula is C10H15BrN4O. The van der Waals surface area contributed by atoms with Crippen LogP contribution in [0, 0.1) is 0 Å². The fraction of sp³-hybridized carbons (Fsp3) is 0.600. The Labute approximate surface area is 102 Å². The first kappa shape index (κ1) is 11.6. The summed E-state index contributed by atoms with van der Waals surface area (Å²) in [7, 11) is 1.93. The minimum atomic E-state index is -0.146. The lowest BCUT2D eigenvalue weighted by Crippen LogP contribution is -2.31. The molecule has 0 aliphatic heterocycles. The fourth-order valence-electron chi connectivity index (χ4n) is 1.47. The van der Waals surface area contributed by atoms with E-state index in [-0.39, 0.29) is 5.56 Å². The Hall–Kier alpha value is -0.880. The second-order valence-corrected chi connectivity index (χ2v) is 4.81. The predicted molar refractivity (Wildman–Crippen MR) is 66.9 cm³/mol. The van der Waals surface area contributed by atoms with Gasteiger partial charge in [0.25, 0.3) is 5.56 Å². The monoisotopic (exact) mass is 286 g/mol. The van der Waals surface area contributed by atoms with Crippen LogP contribution >= 0.6 is 15.9 Å². The summed E-state index contributed by atoms with van der Waals surface area (Å²) in [4.78, 5) is 20.0. The molecule has 1 aromatic heterocycles. The van der Waals surface area contributed by atoms with Gasteiger partial charge in [-0.05, 0) is 28.8 Å². The number of nitrogens with one attached hydrogen (secondary N) is 2. The minimum absolute atomic E-state index is 0.146. The highest BCUT2D eigenvalue weighted by atomic mass is 79.9. The average molecular weight is 287 g/mol. The van der Waals surface area contributed by atoms with Crippen molar-refractivity contribution in [3.05, 3.63) is 21.2 Å². The van der Waals surface area contributed by atoms with Gasteiger partial charge in [0.2, 0.25) is 0 Å². The maximum Gasteiger partial charge on any atom is 0.267 e. The number of halogens is 1. The van der Waals surface area contributed by atoms with Gasteiger partial charge < -0.3 is 15.2 Å². The molecule has 6 heteroatoms. The standard InChI is InChI=1S/C10H15BrN4O/c1-15(5-4-12-7-2-3-7)9-8(11)10(16)14-6-13-9/h6-7,12H,2-5H2,1H3,(H,13,14,16). The van der Waals surface area contributed by atoms with Crippen LogP contribution in [0.3, 0.4) is 0 Å². The summed E-state index contributed by atoms with van der Waals surface area (Å²) < 4.78 is 0.490.